The lowest BCUT2D eigenvalue weighted by molar-refractivity contribution is 0.00425. The Bertz CT molecular complexity index is 257. The van der Waals surface area contributed by atoms with Crippen molar-refractivity contribution in [2.24, 2.45) is 17.3 Å². The van der Waals surface area contributed by atoms with E-state index in [2.05, 4.69) is 32.6 Å². The number of hydrogen-bond donors (Lipinski definition) is 0. The molecule has 2 aliphatic carbocycles. The second kappa shape index (κ2) is 3.56. The summed E-state index contributed by atoms with van der Waals surface area (Å²) in [5, 5.41) is 0. The molecule has 0 aliphatic heterocycles. The smallest absolute Gasteiger partial charge is 0.0167 e. The molecule has 1 fully saturated rings. The molecule has 78 valence electrons. The van der Waals surface area contributed by atoms with Crippen molar-refractivity contribution in [2.75, 3.05) is 0 Å². The third-order valence-electron chi connectivity index (χ3n) is 4.20. The highest BCUT2D eigenvalue weighted by Gasteiger charge is 2.47. The Hall–Kier alpha value is -0.520. The van der Waals surface area contributed by atoms with Gasteiger partial charge in [-0.1, -0.05) is 38.2 Å². The van der Waals surface area contributed by atoms with Crippen molar-refractivity contribution in [3.8, 4) is 0 Å². The molecule has 2 atom stereocenters. The minimum absolute atomic E-state index is 0.575. The lowest BCUT2D eigenvalue weighted by Crippen LogP contribution is -2.44. The van der Waals surface area contributed by atoms with E-state index in [0.29, 0.717) is 5.41 Å². The summed E-state index contributed by atoms with van der Waals surface area (Å²) in [6, 6.07) is 0. The Morgan fingerprint density at radius 2 is 2.00 bits per heavy atom. The van der Waals surface area contributed by atoms with E-state index in [1.807, 2.05) is 0 Å². The second-order valence-corrected chi connectivity index (χ2v) is 5.65. The molecule has 0 N–H and O–H groups in total. The fourth-order valence-electron chi connectivity index (χ4n) is 3.23. The first kappa shape index (κ1) is 10.0. The summed E-state index contributed by atoms with van der Waals surface area (Å²) in [6.07, 6.45) is 11.1. The highest BCUT2D eigenvalue weighted by molar-refractivity contribution is 5.14. The molecular formula is C14H22. The van der Waals surface area contributed by atoms with Gasteiger partial charge in [-0.15, -0.1) is 0 Å². The summed E-state index contributed by atoms with van der Waals surface area (Å²) in [5.74, 6) is 1.74. The first-order valence-electron chi connectivity index (χ1n) is 5.94. The SMILES string of the molecule is C=C1CC/C=C/CC[C@@H]2[C@@H]1CC2(C)C. The molecule has 2 aliphatic rings. The lowest BCUT2D eigenvalue weighted by Gasteiger charge is -2.53. The Morgan fingerprint density at radius 3 is 2.71 bits per heavy atom. The minimum atomic E-state index is 0.575. The van der Waals surface area contributed by atoms with Crippen molar-refractivity contribution in [3.05, 3.63) is 24.3 Å². The van der Waals surface area contributed by atoms with Crippen LogP contribution in [0.5, 0.6) is 0 Å². The van der Waals surface area contributed by atoms with Gasteiger partial charge in [0.15, 0.2) is 0 Å². The largest absolute Gasteiger partial charge is 0.0996 e. The molecule has 0 radical (unpaired) electrons. The molecule has 0 aromatic heterocycles. The monoisotopic (exact) mass is 190 g/mol. The third-order valence-corrected chi connectivity index (χ3v) is 4.20. The van der Waals surface area contributed by atoms with E-state index in [1.165, 1.54) is 37.7 Å². The van der Waals surface area contributed by atoms with Gasteiger partial charge in [-0.25, -0.2) is 0 Å². The van der Waals surface area contributed by atoms with Crippen LogP contribution in [-0.2, 0) is 0 Å². The van der Waals surface area contributed by atoms with Crippen LogP contribution in [0.25, 0.3) is 0 Å². The van der Waals surface area contributed by atoms with Gasteiger partial charge in [0.05, 0.1) is 0 Å². The topological polar surface area (TPSA) is 0 Å². The molecule has 0 heterocycles. The van der Waals surface area contributed by atoms with E-state index in [0.717, 1.165) is 11.8 Å². The molecule has 0 aromatic rings. The maximum absolute atomic E-state index is 4.27. The molecule has 0 spiro atoms. The van der Waals surface area contributed by atoms with E-state index < -0.39 is 0 Å². The summed E-state index contributed by atoms with van der Waals surface area (Å²) in [5.41, 5.74) is 2.09. The summed E-state index contributed by atoms with van der Waals surface area (Å²) >= 11 is 0. The van der Waals surface area contributed by atoms with Gasteiger partial charge >= 0.3 is 0 Å². The third kappa shape index (κ3) is 1.67. The van der Waals surface area contributed by atoms with Crippen molar-refractivity contribution >= 4 is 0 Å². The summed E-state index contributed by atoms with van der Waals surface area (Å²) < 4.78 is 0. The molecular weight excluding hydrogens is 168 g/mol. The second-order valence-electron chi connectivity index (χ2n) is 5.65. The van der Waals surface area contributed by atoms with Crippen LogP contribution in [0.15, 0.2) is 24.3 Å². The fraction of sp³-hybridized carbons (Fsp3) is 0.714. The number of allylic oxidation sites excluding steroid dienone is 3. The normalized spacial score (nSPS) is 38.6. The Kier molecular flexibility index (Phi) is 2.55. The fourth-order valence-corrected chi connectivity index (χ4v) is 3.23. The van der Waals surface area contributed by atoms with Crippen LogP contribution in [0, 0.1) is 17.3 Å². The quantitative estimate of drug-likeness (QED) is 0.499. The standard InChI is InChI=1S/C14H22/c1-11-8-6-4-5-7-9-13-12(11)10-14(13,2)3/h4-5,12-13H,1,6-10H2,2-3H3/b5-4+/t12-,13-/m1/s1. The highest BCUT2D eigenvalue weighted by Crippen LogP contribution is 2.56. The van der Waals surface area contributed by atoms with E-state index in [1.54, 1.807) is 0 Å². The van der Waals surface area contributed by atoms with Crippen molar-refractivity contribution < 1.29 is 0 Å². The molecule has 0 saturated heterocycles. The van der Waals surface area contributed by atoms with Crippen LogP contribution in [0.2, 0.25) is 0 Å². The molecule has 0 heteroatoms. The average Bonchev–Trinajstić information content (AvgIpc) is 2.18. The highest BCUT2D eigenvalue weighted by atomic mass is 14.5. The van der Waals surface area contributed by atoms with Crippen molar-refractivity contribution in [3.63, 3.8) is 0 Å². The zero-order chi connectivity index (χ0) is 10.2. The Morgan fingerprint density at radius 1 is 1.29 bits per heavy atom. The maximum atomic E-state index is 4.27. The average molecular weight is 190 g/mol. The lowest BCUT2D eigenvalue weighted by atomic mass is 9.52. The van der Waals surface area contributed by atoms with Gasteiger partial charge < -0.3 is 0 Å². The zero-order valence-corrected chi connectivity index (χ0v) is 9.55. The predicted molar refractivity (Wildman–Crippen MR) is 62.1 cm³/mol. The minimum Gasteiger partial charge on any atom is -0.0996 e. The predicted octanol–water partition coefficient (Wildman–Crippen LogP) is 4.34. The maximum Gasteiger partial charge on any atom is -0.0167 e. The summed E-state index contributed by atoms with van der Waals surface area (Å²) in [6.45, 7) is 9.11. The van der Waals surface area contributed by atoms with E-state index in [4.69, 9.17) is 0 Å². The Labute approximate surface area is 88.1 Å². The van der Waals surface area contributed by atoms with Crippen molar-refractivity contribution in [2.45, 2.75) is 46.0 Å². The summed E-state index contributed by atoms with van der Waals surface area (Å²) in [4.78, 5) is 0. The Balaban J connectivity index is 2.09. The first-order chi connectivity index (χ1) is 6.61. The van der Waals surface area contributed by atoms with Crippen LogP contribution >= 0.6 is 0 Å². The van der Waals surface area contributed by atoms with Crippen LogP contribution in [-0.4, -0.2) is 0 Å². The van der Waals surface area contributed by atoms with Gasteiger partial charge in [0.2, 0.25) is 0 Å². The molecule has 0 unspecified atom stereocenters. The van der Waals surface area contributed by atoms with Gasteiger partial charge in [-0.05, 0) is 49.4 Å². The van der Waals surface area contributed by atoms with Crippen molar-refractivity contribution in [1.82, 2.24) is 0 Å². The number of fused-ring (bicyclic) bond motifs is 1. The van der Waals surface area contributed by atoms with Crippen LogP contribution in [0.3, 0.4) is 0 Å². The molecule has 14 heavy (non-hydrogen) atoms. The molecule has 0 bridgehead atoms. The van der Waals surface area contributed by atoms with Gasteiger partial charge in [0.1, 0.15) is 0 Å². The molecule has 0 nitrogen and oxygen atoms in total. The molecule has 1 saturated carbocycles. The molecule has 0 aromatic carbocycles. The van der Waals surface area contributed by atoms with Gasteiger partial charge in [-0.3, -0.25) is 0 Å². The molecule has 0 amide bonds. The van der Waals surface area contributed by atoms with E-state index >= 15 is 0 Å². The van der Waals surface area contributed by atoms with Crippen LogP contribution in [0.1, 0.15) is 46.0 Å². The van der Waals surface area contributed by atoms with Gasteiger partial charge in [0.25, 0.3) is 0 Å². The van der Waals surface area contributed by atoms with Crippen LogP contribution in [0.4, 0.5) is 0 Å². The number of rotatable bonds is 0. The molecule has 2 rings (SSSR count). The summed E-state index contributed by atoms with van der Waals surface area (Å²) in [7, 11) is 0. The zero-order valence-electron chi connectivity index (χ0n) is 9.55. The van der Waals surface area contributed by atoms with Crippen LogP contribution < -0.4 is 0 Å². The van der Waals surface area contributed by atoms with Gasteiger partial charge in [0, 0.05) is 0 Å². The van der Waals surface area contributed by atoms with E-state index in [9.17, 15) is 0 Å². The first-order valence-corrected chi connectivity index (χ1v) is 5.94. The van der Waals surface area contributed by atoms with Gasteiger partial charge in [-0.2, -0.15) is 0 Å². The van der Waals surface area contributed by atoms with Crippen molar-refractivity contribution in [1.29, 1.82) is 0 Å². The van der Waals surface area contributed by atoms with E-state index in [-0.39, 0.29) is 0 Å². The number of hydrogen-bond acceptors (Lipinski definition) is 0.